The van der Waals surface area contributed by atoms with Crippen molar-refractivity contribution in [2.75, 3.05) is 31.1 Å². The van der Waals surface area contributed by atoms with Gasteiger partial charge in [-0.3, -0.25) is 4.90 Å². The second-order valence-corrected chi connectivity index (χ2v) is 6.02. The molecule has 132 valence electrons. The van der Waals surface area contributed by atoms with Gasteiger partial charge in [0.05, 0.1) is 12.2 Å². The molecule has 2 rings (SSSR count). The number of aromatic nitrogens is 2. The second-order valence-electron chi connectivity index (χ2n) is 6.02. The Morgan fingerprint density at radius 1 is 1.21 bits per heavy atom. The van der Waals surface area contributed by atoms with E-state index in [0.717, 1.165) is 11.3 Å². The van der Waals surface area contributed by atoms with E-state index >= 15 is 0 Å². The van der Waals surface area contributed by atoms with Crippen molar-refractivity contribution in [2.45, 2.75) is 45.8 Å². The first-order valence-electron chi connectivity index (χ1n) is 8.14. The SMILES string of the molecule is CCc1nnc(N2CCN(CC(F)(F)F)C(C)C2)c(C#N)c1CC. The molecule has 1 aromatic heterocycles. The number of nitrogens with zero attached hydrogens (tertiary/aromatic N) is 5. The van der Waals surface area contributed by atoms with Crippen LogP contribution in [-0.4, -0.2) is 53.5 Å². The third-order valence-corrected chi connectivity index (χ3v) is 4.39. The molecule has 1 saturated heterocycles. The monoisotopic (exact) mass is 341 g/mol. The molecule has 24 heavy (non-hydrogen) atoms. The van der Waals surface area contributed by atoms with Crippen molar-refractivity contribution in [1.29, 1.82) is 5.26 Å². The maximum absolute atomic E-state index is 12.6. The van der Waals surface area contributed by atoms with Crippen LogP contribution in [0.4, 0.5) is 19.0 Å². The molecule has 1 aliphatic heterocycles. The van der Waals surface area contributed by atoms with Gasteiger partial charge >= 0.3 is 6.18 Å². The van der Waals surface area contributed by atoms with Crippen LogP contribution in [0.2, 0.25) is 0 Å². The molecule has 0 saturated carbocycles. The topological polar surface area (TPSA) is 56.1 Å². The van der Waals surface area contributed by atoms with Crippen LogP contribution in [-0.2, 0) is 12.8 Å². The predicted molar refractivity (Wildman–Crippen MR) is 84.8 cm³/mol. The molecule has 0 amide bonds. The Balaban J connectivity index is 2.24. The summed E-state index contributed by atoms with van der Waals surface area (Å²) in [5, 5.41) is 18.0. The zero-order chi connectivity index (χ0) is 17.9. The van der Waals surface area contributed by atoms with E-state index < -0.39 is 12.7 Å². The lowest BCUT2D eigenvalue weighted by Gasteiger charge is -2.40. The molecule has 5 nitrogen and oxygen atoms in total. The molecule has 0 aliphatic carbocycles. The summed E-state index contributed by atoms with van der Waals surface area (Å²) in [6.45, 7) is 5.86. The number of aryl methyl sites for hydroxylation is 1. The number of halogens is 3. The predicted octanol–water partition coefficient (Wildman–Crippen LogP) is 2.55. The smallest absolute Gasteiger partial charge is 0.351 e. The summed E-state index contributed by atoms with van der Waals surface area (Å²) in [4.78, 5) is 3.29. The van der Waals surface area contributed by atoms with Crippen molar-refractivity contribution in [3.63, 3.8) is 0 Å². The Bertz CT molecular complexity index is 623. The minimum absolute atomic E-state index is 0.273. The summed E-state index contributed by atoms with van der Waals surface area (Å²) in [6, 6.07) is 1.94. The molecule has 0 aromatic carbocycles. The van der Waals surface area contributed by atoms with Crippen LogP contribution in [0.1, 0.15) is 37.6 Å². The normalized spacial score (nSPS) is 19.4. The van der Waals surface area contributed by atoms with Gasteiger partial charge in [-0.25, -0.2) is 0 Å². The highest BCUT2D eigenvalue weighted by Crippen LogP contribution is 2.26. The highest BCUT2D eigenvalue weighted by Gasteiger charge is 2.36. The number of alkyl halides is 3. The number of piperazine rings is 1. The first-order chi connectivity index (χ1) is 11.3. The van der Waals surface area contributed by atoms with Gasteiger partial charge in [0, 0.05) is 25.7 Å². The van der Waals surface area contributed by atoms with E-state index in [1.165, 1.54) is 4.90 Å². The van der Waals surface area contributed by atoms with Crippen molar-refractivity contribution in [3.05, 3.63) is 16.8 Å². The number of anilines is 1. The Morgan fingerprint density at radius 3 is 2.42 bits per heavy atom. The summed E-state index contributed by atoms with van der Waals surface area (Å²) in [6.07, 6.45) is -2.83. The highest BCUT2D eigenvalue weighted by molar-refractivity contribution is 5.58. The average Bonchev–Trinajstić information content (AvgIpc) is 2.53. The molecular formula is C16H22F3N5. The lowest BCUT2D eigenvalue weighted by molar-refractivity contribution is -0.150. The molecule has 1 atom stereocenters. The van der Waals surface area contributed by atoms with Crippen molar-refractivity contribution in [1.82, 2.24) is 15.1 Å². The number of nitriles is 1. The van der Waals surface area contributed by atoms with Crippen LogP contribution in [0.3, 0.4) is 0 Å². The van der Waals surface area contributed by atoms with Gasteiger partial charge in [-0.2, -0.15) is 23.5 Å². The van der Waals surface area contributed by atoms with Crippen molar-refractivity contribution in [3.8, 4) is 6.07 Å². The third-order valence-electron chi connectivity index (χ3n) is 4.39. The van der Waals surface area contributed by atoms with Gasteiger partial charge in [0.1, 0.15) is 11.6 Å². The fraction of sp³-hybridized carbons (Fsp3) is 0.688. The van der Waals surface area contributed by atoms with Crippen LogP contribution in [0, 0.1) is 11.3 Å². The Hall–Kier alpha value is -1.88. The molecule has 0 N–H and O–H groups in total. The molecule has 8 heteroatoms. The Kier molecular flexibility index (Phi) is 5.65. The van der Waals surface area contributed by atoms with E-state index in [1.54, 1.807) is 6.92 Å². The van der Waals surface area contributed by atoms with Crippen LogP contribution in [0.25, 0.3) is 0 Å². The van der Waals surface area contributed by atoms with E-state index in [9.17, 15) is 18.4 Å². The summed E-state index contributed by atoms with van der Waals surface area (Å²) in [5.74, 6) is 0.491. The van der Waals surface area contributed by atoms with Gasteiger partial charge in [-0.1, -0.05) is 13.8 Å². The molecule has 1 unspecified atom stereocenters. The zero-order valence-electron chi connectivity index (χ0n) is 14.2. The first kappa shape index (κ1) is 18.5. The van der Waals surface area contributed by atoms with Crippen molar-refractivity contribution < 1.29 is 13.2 Å². The molecule has 0 radical (unpaired) electrons. The molecular weight excluding hydrogens is 319 g/mol. The lowest BCUT2D eigenvalue weighted by atomic mass is 10.0. The third kappa shape index (κ3) is 3.96. The van der Waals surface area contributed by atoms with E-state index in [0.29, 0.717) is 37.3 Å². The fourth-order valence-corrected chi connectivity index (χ4v) is 3.15. The maximum Gasteiger partial charge on any atom is 0.401 e. The minimum atomic E-state index is -4.20. The number of hydrogen-bond donors (Lipinski definition) is 0. The summed E-state index contributed by atoms with van der Waals surface area (Å²) < 4.78 is 37.8. The minimum Gasteiger partial charge on any atom is -0.351 e. The van der Waals surface area contributed by atoms with Crippen molar-refractivity contribution >= 4 is 5.82 Å². The number of rotatable bonds is 4. The van der Waals surface area contributed by atoms with Crippen molar-refractivity contribution in [2.24, 2.45) is 0 Å². The highest BCUT2D eigenvalue weighted by atomic mass is 19.4. The van der Waals surface area contributed by atoms with Gasteiger partial charge < -0.3 is 4.90 Å². The summed E-state index contributed by atoms with van der Waals surface area (Å²) in [7, 11) is 0. The van der Waals surface area contributed by atoms with Crippen LogP contribution in [0.5, 0.6) is 0 Å². The fourth-order valence-electron chi connectivity index (χ4n) is 3.15. The summed E-state index contributed by atoms with van der Waals surface area (Å²) in [5.41, 5.74) is 2.19. The van der Waals surface area contributed by atoms with E-state index in [4.69, 9.17) is 0 Å². The first-order valence-corrected chi connectivity index (χ1v) is 8.14. The van der Waals surface area contributed by atoms with Gasteiger partial charge in [0.25, 0.3) is 0 Å². The van der Waals surface area contributed by atoms with Gasteiger partial charge in [-0.05, 0) is 25.3 Å². The Morgan fingerprint density at radius 2 is 1.92 bits per heavy atom. The maximum atomic E-state index is 12.6. The Labute approximate surface area is 140 Å². The molecule has 0 bridgehead atoms. The average molecular weight is 341 g/mol. The largest absolute Gasteiger partial charge is 0.401 e. The molecule has 1 aromatic rings. The quantitative estimate of drug-likeness (QED) is 0.842. The van der Waals surface area contributed by atoms with Gasteiger partial charge in [0.15, 0.2) is 5.82 Å². The van der Waals surface area contributed by atoms with Crippen LogP contribution in [0.15, 0.2) is 0 Å². The van der Waals surface area contributed by atoms with E-state index in [-0.39, 0.29) is 12.6 Å². The van der Waals surface area contributed by atoms with Gasteiger partial charge in [-0.15, -0.1) is 5.10 Å². The molecule has 0 spiro atoms. The van der Waals surface area contributed by atoms with Crippen LogP contribution < -0.4 is 4.90 Å². The second kappa shape index (κ2) is 7.34. The standard InChI is InChI=1S/C16H22F3N5/c1-4-12-13(8-20)15(22-21-14(12)5-2)23-6-7-24(11(3)9-23)10-16(17,18)19/h11H,4-7,9-10H2,1-3H3. The molecule has 1 aliphatic rings. The molecule has 2 heterocycles. The van der Waals surface area contributed by atoms with Gasteiger partial charge in [0.2, 0.25) is 0 Å². The molecule has 1 fully saturated rings. The number of hydrogen-bond acceptors (Lipinski definition) is 5. The van der Waals surface area contributed by atoms with E-state index in [2.05, 4.69) is 16.3 Å². The summed E-state index contributed by atoms with van der Waals surface area (Å²) >= 11 is 0. The van der Waals surface area contributed by atoms with E-state index in [1.807, 2.05) is 18.7 Å². The zero-order valence-corrected chi connectivity index (χ0v) is 14.2. The lowest BCUT2D eigenvalue weighted by Crippen LogP contribution is -2.54. The van der Waals surface area contributed by atoms with Crippen LogP contribution >= 0.6 is 0 Å².